The van der Waals surface area contributed by atoms with E-state index in [0.29, 0.717) is 18.7 Å². The van der Waals surface area contributed by atoms with Gasteiger partial charge in [-0.15, -0.1) is 0 Å². The van der Waals surface area contributed by atoms with E-state index >= 15 is 0 Å². The van der Waals surface area contributed by atoms with Crippen molar-refractivity contribution in [2.24, 2.45) is 5.92 Å². The molecule has 2 rings (SSSR count). The summed E-state index contributed by atoms with van der Waals surface area (Å²) in [4.78, 5) is 38.3. The lowest BCUT2D eigenvalue weighted by molar-refractivity contribution is -0.137. The standard InChI is InChI=1S/C21H30FN3O3/c1-3-16(4-2)21(28)25-10-8-18(9-11-25)24-20(27)14-23-19(26)13-15-6-5-7-17(22)12-15/h5-7,12,16,18H,3-4,8-11,13-14H2,1-2H3,(H,23,26)(H,24,27). The number of carbonyl (C=O) groups is 3. The molecule has 1 aliphatic rings. The normalized spacial score (nSPS) is 14.8. The Morgan fingerprint density at radius 2 is 1.82 bits per heavy atom. The van der Waals surface area contributed by atoms with Crippen molar-refractivity contribution in [2.75, 3.05) is 19.6 Å². The van der Waals surface area contributed by atoms with E-state index in [9.17, 15) is 18.8 Å². The summed E-state index contributed by atoms with van der Waals surface area (Å²) in [5, 5.41) is 5.47. The number of halogens is 1. The number of piperidine rings is 1. The van der Waals surface area contributed by atoms with Gasteiger partial charge in [0, 0.05) is 25.0 Å². The fraction of sp³-hybridized carbons (Fsp3) is 0.571. The van der Waals surface area contributed by atoms with Gasteiger partial charge in [0.05, 0.1) is 13.0 Å². The van der Waals surface area contributed by atoms with Gasteiger partial charge in [0.15, 0.2) is 0 Å². The third-order valence-corrected chi connectivity index (χ3v) is 5.21. The largest absolute Gasteiger partial charge is 0.352 e. The van der Waals surface area contributed by atoms with Crippen molar-refractivity contribution in [1.82, 2.24) is 15.5 Å². The molecule has 3 amide bonds. The highest BCUT2D eigenvalue weighted by atomic mass is 19.1. The second-order valence-corrected chi connectivity index (χ2v) is 7.26. The van der Waals surface area contributed by atoms with E-state index in [1.54, 1.807) is 12.1 Å². The van der Waals surface area contributed by atoms with Crippen molar-refractivity contribution in [3.05, 3.63) is 35.6 Å². The number of amides is 3. The number of hydrogen-bond acceptors (Lipinski definition) is 3. The summed E-state index contributed by atoms with van der Waals surface area (Å²) in [5.74, 6) is -0.681. The van der Waals surface area contributed by atoms with Gasteiger partial charge < -0.3 is 15.5 Å². The van der Waals surface area contributed by atoms with Gasteiger partial charge in [0.25, 0.3) is 0 Å². The van der Waals surface area contributed by atoms with Crippen LogP contribution in [0.1, 0.15) is 45.1 Å². The van der Waals surface area contributed by atoms with Crippen LogP contribution in [0.5, 0.6) is 0 Å². The fourth-order valence-corrected chi connectivity index (χ4v) is 3.49. The summed E-state index contributed by atoms with van der Waals surface area (Å²) in [6.07, 6.45) is 3.16. The molecule has 28 heavy (non-hydrogen) atoms. The molecule has 0 bridgehead atoms. The molecule has 154 valence electrons. The minimum atomic E-state index is -0.392. The van der Waals surface area contributed by atoms with Crippen LogP contribution in [0.3, 0.4) is 0 Å². The molecule has 0 aliphatic carbocycles. The highest BCUT2D eigenvalue weighted by molar-refractivity contribution is 5.85. The summed E-state index contributed by atoms with van der Waals surface area (Å²) in [6, 6.07) is 5.84. The molecule has 0 atom stereocenters. The predicted molar refractivity (Wildman–Crippen MR) is 105 cm³/mol. The molecule has 0 spiro atoms. The molecular formula is C21H30FN3O3. The van der Waals surface area contributed by atoms with Crippen molar-refractivity contribution < 1.29 is 18.8 Å². The minimum absolute atomic E-state index is 0.0124. The molecule has 6 nitrogen and oxygen atoms in total. The third-order valence-electron chi connectivity index (χ3n) is 5.21. The first-order valence-electron chi connectivity index (χ1n) is 10.0. The number of benzene rings is 1. The van der Waals surface area contributed by atoms with E-state index in [4.69, 9.17) is 0 Å². The van der Waals surface area contributed by atoms with E-state index in [0.717, 1.165) is 25.7 Å². The van der Waals surface area contributed by atoms with Crippen molar-refractivity contribution in [2.45, 2.75) is 52.0 Å². The van der Waals surface area contributed by atoms with E-state index in [1.807, 2.05) is 18.7 Å². The van der Waals surface area contributed by atoms with Crippen LogP contribution in [0, 0.1) is 11.7 Å². The molecule has 1 aromatic carbocycles. The number of nitrogens with one attached hydrogen (secondary N) is 2. The molecule has 1 aliphatic heterocycles. The first-order chi connectivity index (χ1) is 13.4. The summed E-state index contributed by atoms with van der Waals surface area (Å²) in [6.45, 7) is 5.24. The Labute approximate surface area is 165 Å². The average molecular weight is 391 g/mol. The Kier molecular flexibility index (Phi) is 8.42. The zero-order valence-electron chi connectivity index (χ0n) is 16.7. The van der Waals surface area contributed by atoms with Crippen LogP contribution in [0.4, 0.5) is 4.39 Å². The molecule has 1 fully saturated rings. The monoisotopic (exact) mass is 391 g/mol. The highest BCUT2D eigenvalue weighted by Crippen LogP contribution is 2.17. The number of carbonyl (C=O) groups excluding carboxylic acids is 3. The first kappa shape index (κ1) is 21.9. The van der Waals surface area contributed by atoms with Gasteiger partial charge in [-0.2, -0.15) is 0 Å². The third kappa shape index (κ3) is 6.62. The lowest BCUT2D eigenvalue weighted by Gasteiger charge is -2.34. The lowest BCUT2D eigenvalue weighted by Crippen LogP contribution is -2.49. The van der Waals surface area contributed by atoms with Crippen LogP contribution in [0.15, 0.2) is 24.3 Å². The van der Waals surface area contributed by atoms with Crippen LogP contribution in [-0.4, -0.2) is 48.3 Å². The number of likely N-dealkylation sites (tertiary alicyclic amines) is 1. The van der Waals surface area contributed by atoms with Crippen molar-refractivity contribution >= 4 is 17.7 Å². The maximum Gasteiger partial charge on any atom is 0.239 e. The van der Waals surface area contributed by atoms with Gasteiger partial charge in [-0.3, -0.25) is 14.4 Å². The molecule has 1 saturated heterocycles. The van der Waals surface area contributed by atoms with E-state index in [2.05, 4.69) is 10.6 Å². The Morgan fingerprint density at radius 3 is 2.43 bits per heavy atom. The molecule has 1 aromatic rings. The molecule has 0 radical (unpaired) electrons. The lowest BCUT2D eigenvalue weighted by atomic mass is 9.98. The molecule has 0 saturated carbocycles. The summed E-state index contributed by atoms with van der Waals surface area (Å²) in [5.41, 5.74) is 0.562. The van der Waals surface area contributed by atoms with E-state index < -0.39 is 5.82 Å². The average Bonchev–Trinajstić information content (AvgIpc) is 2.68. The van der Waals surface area contributed by atoms with Gasteiger partial charge in [-0.25, -0.2) is 4.39 Å². The summed E-state index contributed by atoms with van der Waals surface area (Å²) < 4.78 is 13.1. The topological polar surface area (TPSA) is 78.5 Å². The van der Waals surface area contributed by atoms with Gasteiger partial charge in [-0.1, -0.05) is 26.0 Å². The Morgan fingerprint density at radius 1 is 1.14 bits per heavy atom. The van der Waals surface area contributed by atoms with Crippen LogP contribution >= 0.6 is 0 Å². The molecule has 0 aromatic heterocycles. The molecule has 2 N–H and O–H groups in total. The van der Waals surface area contributed by atoms with Gasteiger partial charge in [0.1, 0.15) is 5.82 Å². The van der Waals surface area contributed by atoms with E-state index in [1.165, 1.54) is 12.1 Å². The molecule has 1 heterocycles. The predicted octanol–water partition coefficient (Wildman–Crippen LogP) is 2.03. The SMILES string of the molecule is CCC(CC)C(=O)N1CCC(NC(=O)CNC(=O)Cc2cccc(F)c2)CC1. The van der Waals surface area contributed by atoms with Gasteiger partial charge >= 0.3 is 0 Å². The van der Waals surface area contributed by atoms with Crippen LogP contribution in [0.2, 0.25) is 0 Å². The fourth-order valence-electron chi connectivity index (χ4n) is 3.49. The van der Waals surface area contributed by atoms with Crippen molar-refractivity contribution in [3.8, 4) is 0 Å². The van der Waals surface area contributed by atoms with Crippen LogP contribution in [0.25, 0.3) is 0 Å². The van der Waals surface area contributed by atoms with E-state index in [-0.39, 0.29) is 42.6 Å². The first-order valence-corrected chi connectivity index (χ1v) is 10.0. The minimum Gasteiger partial charge on any atom is -0.352 e. The van der Waals surface area contributed by atoms with Crippen LogP contribution < -0.4 is 10.6 Å². The van der Waals surface area contributed by atoms with Gasteiger partial charge in [-0.05, 0) is 43.4 Å². The Hall–Kier alpha value is -2.44. The Bertz CT molecular complexity index is 683. The number of rotatable bonds is 8. The molecule has 7 heteroatoms. The second kappa shape index (κ2) is 10.8. The maximum absolute atomic E-state index is 13.1. The smallest absolute Gasteiger partial charge is 0.239 e. The summed E-state index contributed by atoms with van der Waals surface area (Å²) in [7, 11) is 0. The zero-order valence-corrected chi connectivity index (χ0v) is 16.7. The summed E-state index contributed by atoms with van der Waals surface area (Å²) >= 11 is 0. The molecular weight excluding hydrogens is 361 g/mol. The Balaban J connectivity index is 1.68. The quantitative estimate of drug-likeness (QED) is 0.712. The maximum atomic E-state index is 13.1. The number of nitrogens with zero attached hydrogens (tertiary/aromatic N) is 1. The van der Waals surface area contributed by atoms with Gasteiger partial charge in [0.2, 0.25) is 17.7 Å². The highest BCUT2D eigenvalue weighted by Gasteiger charge is 2.27. The zero-order chi connectivity index (χ0) is 20.5. The molecule has 0 unspecified atom stereocenters. The van der Waals surface area contributed by atoms with Crippen LogP contribution in [-0.2, 0) is 20.8 Å². The van der Waals surface area contributed by atoms with Crippen molar-refractivity contribution in [3.63, 3.8) is 0 Å². The van der Waals surface area contributed by atoms with Crippen molar-refractivity contribution in [1.29, 1.82) is 0 Å². The second-order valence-electron chi connectivity index (χ2n) is 7.26. The number of hydrogen-bond donors (Lipinski definition) is 2.